The zero-order chi connectivity index (χ0) is 15.2. The van der Waals surface area contributed by atoms with Crippen molar-refractivity contribution in [3.63, 3.8) is 0 Å². The van der Waals surface area contributed by atoms with Crippen LogP contribution in [0.5, 0.6) is 0 Å². The van der Waals surface area contributed by atoms with Gasteiger partial charge in [0, 0.05) is 41.3 Å². The van der Waals surface area contributed by atoms with Gasteiger partial charge in [-0.25, -0.2) is 0 Å². The molecule has 20 heavy (non-hydrogen) atoms. The van der Waals surface area contributed by atoms with Gasteiger partial charge in [0.1, 0.15) is 0 Å². The quantitative estimate of drug-likeness (QED) is 0.722. The Balaban J connectivity index is 0.000000200. The van der Waals surface area contributed by atoms with Crippen LogP contribution in [0.15, 0.2) is 43.0 Å². The Kier molecular flexibility index (Phi) is 5.37. The van der Waals surface area contributed by atoms with Crippen LogP contribution >= 0.6 is 0 Å². The number of pyridine rings is 1. The summed E-state index contributed by atoms with van der Waals surface area (Å²) in [7, 11) is 0. The molecule has 0 aliphatic rings. The average molecular weight is 271 g/mol. The van der Waals surface area contributed by atoms with Gasteiger partial charge in [-0.2, -0.15) is 0 Å². The largest absolute Gasteiger partial charge is 0.261 e. The molecule has 0 unspecified atom stereocenters. The van der Waals surface area contributed by atoms with E-state index < -0.39 is 0 Å². The number of rotatable bonds is 0. The standard InChI is InChI=1S/C9H13N.C8H12N2/c1-9(2,3)8-6-4-5-7-10-8;1-8(2,3)7-6-9-4-5-10-7/h4-7H,1-3H3;4-6H,1-3H3. The van der Waals surface area contributed by atoms with Crippen LogP contribution in [0.3, 0.4) is 0 Å². The van der Waals surface area contributed by atoms with Crippen LogP contribution in [0.2, 0.25) is 0 Å². The van der Waals surface area contributed by atoms with Crippen LogP contribution in [-0.2, 0) is 10.8 Å². The van der Waals surface area contributed by atoms with Crippen molar-refractivity contribution < 1.29 is 0 Å². The van der Waals surface area contributed by atoms with E-state index in [0.29, 0.717) is 0 Å². The predicted molar refractivity (Wildman–Crippen MR) is 83.7 cm³/mol. The predicted octanol–water partition coefficient (Wildman–Crippen LogP) is 4.15. The van der Waals surface area contributed by atoms with Crippen molar-refractivity contribution in [3.05, 3.63) is 54.4 Å². The molecule has 0 aliphatic carbocycles. The van der Waals surface area contributed by atoms with Crippen molar-refractivity contribution in [2.75, 3.05) is 0 Å². The third kappa shape index (κ3) is 5.47. The molecule has 0 saturated heterocycles. The summed E-state index contributed by atoms with van der Waals surface area (Å²) in [6.45, 7) is 12.9. The lowest BCUT2D eigenvalue weighted by atomic mass is 9.92. The second-order valence-corrected chi connectivity index (χ2v) is 6.81. The second kappa shape index (κ2) is 6.60. The number of hydrogen-bond acceptors (Lipinski definition) is 3. The highest BCUT2D eigenvalue weighted by molar-refractivity contribution is 5.12. The van der Waals surface area contributed by atoms with Gasteiger partial charge >= 0.3 is 0 Å². The second-order valence-electron chi connectivity index (χ2n) is 6.81. The Bertz CT molecular complexity index is 444. The fraction of sp³-hybridized carbons (Fsp3) is 0.471. The van der Waals surface area contributed by atoms with Gasteiger partial charge in [-0.05, 0) is 12.1 Å². The van der Waals surface area contributed by atoms with Gasteiger partial charge in [0.05, 0.1) is 5.69 Å². The third-order valence-corrected chi connectivity index (χ3v) is 2.76. The van der Waals surface area contributed by atoms with E-state index in [2.05, 4.69) is 62.6 Å². The van der Waals surface area contributed by atoms with E-state index in [4.69, 9.17) is 0 Å². The van der Waals surface area contributed by atoms with Gasteiger partial charge in [-0.15, -0.1) is 0 Å². The van der Waals surface area contributed by atoms with E-state index in [1.807, 2.05) is 18.3 Å². The minimum Gasteiger partial charge on any atom is -0.261 e. The van der Waals surface area contributed by atoms with Gasteiger partial charge < -0.3 is 0 Å². The Morgan fingerprint density at radius 1 is 0.700 bits per heavy atom. The van der Waals surface area contributed by atoms with Crippen molar-refractivity contribution in [1.82, 2.24) is 15.0 Å². The lowest BCUT2D eigenvalue weighted by Crippen LogP contribution is -2.13. The molecule has 108 valence electrons. The normalized spacial score (nSPS) is 11.5. The molecule has 2 heterocycles. The van der Waals surface area contributed by atoms with Crippen molar-refractivity contribution in [1.29, 1.82) is 0 Å². The lowest BCUT2D eigenvalue weighted by Gasteiger charge is -2.16. The van der Waals surface area contributed by atoms with Crippen molar-refractivity contribution in [2.24, 2.45) is 0 Å². The molecule has 2 rings (SSSR count). The molecule has 3 nitrogen and oxygen atoms in total. The van der Waals surface area contributed by atoms with Gasteiger partial charge in [0.2, 0.25) is 0 Å². The first-order valence-electron chi connectivity index (χ1n) is 6.89. The maximum absolute atomic E-state index is 4.25. The molecular weight excluding hydrogens is 246 g/mol. The van der Waals surface area contributed by atoms with Gasteiger partial charge in [-0.1, -0.05) is 47.6 Å². The summed E-state index contributed by atoms with van der Waals surface area (Å²) in [4.78, 5) is 12.4. The van der Waals surface area contributed by atoms with Crippen LogP contribution in [-0.4, -0.2) is 15.0 Å². The number of hydrogen-bond donors (Lipinski definition) is 0. The average Bonchev–Trinajstić information content (AvgIpc) is 2.40. The summed E-state index contributed by atoms with van der Waals surface area (Å²) >= 11 is 0. The zero-order valence-corrected chi connectivity index (χ0v) is 13.4. The first-order valence-corrected chi connectivity index (χ1v) is 6.89. The monoisotopic (exact) mass is 271 g/mol. The molecule has 0 fully saturated rings. The first-order chi connectivity index (χ1) is 9.21. The molecule has 0 saturated carbocycles. The molecule has 3 heteroatoms. The van der Waals surface area contributed by atoms with Crippen molar-refractivity contribution in [3.8, 4) is 0 Å². The summed E-state index contributed by atoms with van der Waals surface area (Å²) in [6.07, 6.45) is 7.05. The fourth-order valence-electron chi connectivity index (χ4n) is 1.49. The van der Waals surface area contributed by atoms with Gasteiger partial charge in [-0.3, -0.25) is 15.0 Å². The van der Waals surface area contributed by atoms with E-state index in [0.717, 1.165) is 11.4 Å². The summed E-state index contributed by atoms with van der Waals surface area (Å²) in [5.41, 5.74) is 2.49. The van der Waals surface area contributed by atoms with Crippen LogP contribution in [0, 0.1) is 0 Å². The van der Waals surface area contributed by atoms with Crippen LogP contribution < -0.4 is 0 Å². The molecule has 2 aromatic rings. The van der Waals surface area contributed by atoms with E-state index in [9.17, 15) is 0 Å². The molecular formula is C17H25N3. The molecule has 0 bridgehead atoms. The summed E-state index contributed by atoms with van der Waals surface area (Å²) in [6, 6.07) is 6.02. The van der Waals surface area contributed by atoms with E-state index in [1.165, 1.54) is 0 Å². The lowest BCUT2D eigenvalue weighted by molar-refractivity contribution is 0.565. The van der Waals surface area contributed by atoms with Gasteiger partial charge in [0.25, 0.3) is 0 Å². The van der Waals surface area contributed by atoms with E-state index in [-0.39, 0.29) is 10.8 Å². The molecule has 0 atom stereocenters. The highest BCUT2D eigenvalue weighted by Crippen LogP contribution is 2.18. The SMILES string of the molecule is CC(C)(C)c1ccccn1.CC(C)(C)c1cnccn1. The summed E-state index contributed by atoms with van der Waals surface area (Å²) in [5, 5.41) is 0. The van der Waals surface area contributed by atoms with Gasteiger partial charge in [0.15, 0.2) is 0 Å². The molecule has 0 N–H and O–H groups in total. The molecule has 2 aromatic heterocycles. The fourth-order valence-corrected chi connectivity index (χ4v) is 1.49. The van der Waals surface area contributed by atoms with Crippen molar-refractivity contribution in [2.45, 2.75) is 52.4 Å². The third-order valence-electron chi connectivity index (χ3n) is 2.76. The minimum atomic E-state index is 0.119. The van der Waals surface area contributed by atoms with Crippen LogP contribution in [0.4, 0.5) is 0 Å². The number of nitrogens with zero attached hydrogens (tertiary/aromatic N) is 3. The Labute approximate surface area is 122 Å². The highest BCUT2D eigenvalue weighted by Gasteiger charge is 2.14. The Hall–Kier alpha value is -1.77. The molecule has 0 radical (unpaired) electrons. The first kappa shape index (κ1) is 16.3. The highest BCUT2D eigenvalue weighted by atomic mass is 14.8. The molecule has 0 spiro atoms. The smallest absolute Gasteiger partial charge is 0.0640 e. The van der Waals surface area contributed by atoms with Crippen LogP contribution in [0.25, 0.3) is 0 Å². The molecule has 0 aromatic carbocycles. The maximum Gasteiger partial charge on any atom is 0.0640 e. The maximum atomic E-state index is 4.25. The number of aromatic nitrogens is 3. The topological polar surface area (TPSA) is 38.7 Å². The van der Waals surface area contributed by atoms with Crippen LogP contribution in [0.1, 0.15) is 52.9 Å². The molecule has 0 aliphatic heterocycles. The summed E-state index contributed by atoms with van der Waals surface area (Å²) in [5.74, 6) is 0. The minimum absolute atomic E-state index is 0.119. The Morgan fingerprint density at radius 3 is 1.60 bits per heavy atom. The van der Waals surface area contributed by atoms with E-state index in [1.54, 1.807) is 18.6 Å². The van der Waals surface area contributed by atoms with Crippen molar-refractivity contribution >= 4 is 0 Å². The van der Waals surface area contributed by atoms with E-state index >= 15 is 0 Å². The Morgan fingerprint density at radius 2 is 1.30 bits per heavy atom. The zero-order valence-electron chi connectivity index (χ0n) is 13.4. The molecule has 0 amide bonds. The summed E-state index contributed by atoms with van der Waals surface area (Å²) < 4.78 is 0.